The summed E-state index contributed by atoms with van der Waals surface area (Å²) < 4.78 is 16.7. The van der Waals surface area contributed by atoms with Crippen molar-refractivity contribution in [1.29, 1.82) is 0 Å². The smallest absolute Gasteiger partial charge is 0.160 e. The van der Waals surface area contributed by atoms with Gasteiger partial charge in [-0.1, -0.05) is 51.3 Å². The van der Waals surface area contributed by atoms with Gasteiger partial charge in [-0.2, -0.15) is 0 Å². The van der Waals surface area contributed by atoms with E-state index in [9.17, 15) is 5.11 Å². The molecule has 1 heterocycles. The lowest BCUT2D eigenvalue weighted by Crippen LogP contribution is -2.33. The summed E-state index contributed by atoms with van der Waals surface area (Å²) in [5.41, 5.74) is 2.08. The highest BCUT2D eigenvalue weighted by atomic mass is 16.5. The van der Waals surface area contributed by atoms with Crippen LogP contribution < -0.4 is 10.1 Å². The predicted octanol–water partition coefficient (Wildman–Crippen LogP) is 4.92. The summed E-state index contributed by atoms with van der Waals surface area (Å²) in [5, 5.41) is 15.6. The Labute approximate surface area is 190 Å². The van der Waals surface area contributed by atoms with Crippen molar-refractivity contribution in [1.82, 2.24) is 10.3 Å². The lowest BCUT2D eigenvalue weighted by atomic mass is 10.1. The number of ether oxygens (including phenoxy) is 3. The summed E-state index contributed by atoms with van der Waals surface area (Å²) in [4.78, 5) is 3.39. The van der Waals surface area contributed by atoms with Gasteiger partial charge in [0.15, 0.2) is 11.5 Å². The molecule has 6 nitrogen and oxygen atoms in total. The number of rotatable bonds is 12. The van der Waals surface area contributed by atoms with Crippen molar-refractivity contribution < 1.29 is 19.3 Å². The van der Waals surface area contributed by atoms with Crippen LogP contribution in [0.3, 0.4) is 0 Å². The van der Waals surface area contributed by atoms with Gasteiger partial charge >= 0.3 is 0 Å². The second-order valence-electron chi connectivity index (χ2n) is 6.71. The first-order valence-corrected chi connectivity index (χ1v) is 10.8. The van der Waals surface area contributed by atoms with Crippen molar-refractivity contribution in [3.8, 4) is 5.75 Å². The minimum atomic E-state index is -0.650. The van der Waals surface area contributed by atoms with E-state index in [2.05, 4.69) is 29.5 Å². The van der Waals surface area contributed by atoms with Gasteiger partial charge in [0.2, 0.25) is 0 Å². The zero-order chi connectivity index (χ0) is 23.3. The molecule has 0 amide bonds. The average molecular weight is 439 g/mol. The molecule has 0 aliphatic carbocycles. The summed E-state index contributed by atoms with van der Waals surface area (Å²) >= 11 is 0. The zero-order valence-electron chi connectivity index (χ0n) is 19.2. The lowest BCUT2D eigenvalue weighted by Gasteiger charge is -2.15. The fraction of sp³-hybridized carbons (Fsp3) is 0.308. The van der Waals surface area contributed by atoms with Crippen molar-refractivity contribution in [2.75, 3.05) is 33.4 Å². The number of allylic oxidation sites excluding steroid dienone is 2. The van der Waals surface area contributed by atoms with E-state index >= 15 is 0 Å². The van der Waals surface area contributed by atoms with Crippen molar-refractivity contribution in [2.45, 2.75) is 20.0 Å². The number of methoxy groups -OCH3 is 1. The molecule has 2 aromatic carbocycles. The van der Waals surface area contributed by atoms with E-state index in [1.54, 1.807) is 19.3 Å². The molecule has 0 aliphatic heterocycles. The molecule has 0 radical (unpaired) electrons. The maximum absolute atomic E-state index is 10.3. The average Bonchev–Trinajstić information content (AvgIpc) is 3.22. The molecule has 6 heteroatoms. The van der Waals surface area contributed by atoms with Gasteiger partial charge in [0.25, 0.3) is 0 Å². The summed E-state index contributed by atoms with van der Waals surface area (Å²) in [7, 11) is 1.55. The molecular formula is C26H34N2O4. The number of aromatic nitrogens is 1. The minimum absolute atomic E-state index is 0.189. The van der Waals surface area contributed by atoms with Gasteiger partial charge < -0.3 is 29.6 Å². The van der Waals surface area contributed by atoms with Crippen LogP contribution >= 0.6 is 0 Å². The molecule has 1 atom stereocenters. The largest absolute Gasteiger partial charge is 0.493 e. The number of aliphatic hydroxyl groups excluding tert-OH is 1. The highest BCUT2D eigenvalue weighted by Crippen LogP contribution is 2.32. The van der Waals surface area contributed by atoms with E-state index in [0.29, 0.717) is 31.2 Å². The third kappa shape index (κ3) is 6.39. The zero-order valence-corrected chi connectivity index (χ0v) is 19.2. The number of aliphatic hydroxyl groups is 1. The number of nitrogens with one attached hydrogen (secondary N) is 2. The fourth-order valence-corrected chi connectivity index (χ4v) is 3.25. The maximum atomic E-state index is 10.3. The van der Waals surface area contributed by atoms with Crippen molar-refractivity contribution in [3.63, 3.8) is 0 Å². The van der Waals surface area contributed by atoms with E-state index in [-0.39, 0.29) is 6.61 Å². The second-order valence-corrected chi connectivity index (χ2v) is 6.71. The quantitative estimate of drug-likeness (QED) is 0.213. The number of hydrogen-bond donors (Lipinski definition) is 3. The Kier molecular flexibility index (Phi) is 10.4. The van der Waals surface area contributed by atoms with Crippen LogP contribution in [0, 0.1) is 0 Å². The third-order valence-corrected chi connectivity index (χ3v) is 4.67. The highest BCUT2D eigenvalue weighted by Gasteiger charge is 2.11. The van der Waals surface area contributed by atoms with E-state index in [1.165, 1.54) is 0 Å². The first-order valence-electron chi connectivity index (χ1n) is 10.8. The van der Waals surface area contributed by atoms with Crippen LogP contribution in [-0.4, -0.2) is 49.6 Å². The molecule has 0 spiro atoms. The van der Waals surface area contributed by atoms with Gasteiger partial charge in [0, 0.05) is 29.4 Å². The van der Waals surface area contributed by atoms with Crippen LogP contribution in [0.1, 0.15) is 13.8 Å². The van der Waals surface area contributed by atoms with Crippen molar-refractivity contribution >= 4 is 21.8 Å². The Balaban J connectivity index is 0.00000176. The molecule has 0 aliphatic rings. The fourth-order valence-electron chi connectivity index (χ4n) is 3.25. The summed E-state index contributed by atoms with van der Waals surface area (Å²) in [6, 6.07) is 14.0. The highest BCUT2D eigenvalue weighted by molar-refractivity contribution is 6.10. The summed E-state index contributed by atoms with van der Waals surface area (Å²) in [5.74, 6) is 1.82. The Morgan fingerprint density at radius 1 is 1.06 bits per heavy atom. The molecular weight excluding hydrogens is 404 g/mol. The lowest BCUT2D eigenvalue weighted by molar-refractivity contribution is 0.104. The molecule has 0 bridgehead atoms. The first-order chi connectivity index (χ1) is 15.7. The Morgan fingerprint density at radius 2 is 1.78 bits per heavy atom. The molecule has 32 heavy (non-hydrogen) atoms. The Hall–Kier alpha value is -3.22. The molecule has 3 N–H and O–H groups in total. The number of aromatic amines is 1. The van der Waals surface area contributed by atoms with Gasteiger partial charge in [-0.3, -0.25) is 0 Å². The van der Waals surface area contributed by atoms with Gasteiger partial charge in [0.05, 0.1) is 12.6 Å². The Bertz CT molecular complexity index is 1040. The molecule has 0 saturated carbocycles. The van der Waals surface area contributed by atoms with Crippen LogP contribution in [0.4, 0.5) is 0 Å². The van der Waals surface area contributed by atoms with Crippen LogP contribution in [0.2, 0.25) is 0 Å². The minimum Gasteiger partial charge on any atom is -0.493 e. The number of fused-ring (bicyclic) bond motifs is 3. The predicted molar refractivity (Wildman–Crippen MR) is 132 cm³/mol. The molecule has 0 fully saturated rings. The van der Waals surface area contributed by atoms with Gasteiger partial charge in [-0.05, 0) is 30.4 Å². The summed E-state index contributed by atoms with van der Waals surface area (Å²) in [6.45, 7) is 12.9. The molecule has 3 rings (SSSR count). The van der Waals surface area contributed by atoms with E-state index in [4.69, 9.17) is 14.2 Å². The third-order valence-electron chi connectivity index (χ3n) is 4.67. The van der Waals surface area contributed by atoms with E-state index < -0.39 is 6.10 Å². The van der Waals surface area contributed by atoms with E-state index in [0.717, 1.165) is 27.6 Å². The van der Waals surface area contributed by atoms with Crippen LogP contribution in [0.25, 0.3) is 21.8 Å². The first kappa shape index (κ1) is 25.0. The van der Waals surface area contributed by atoms with Gasteiger partial charge in [0.1, 0.15) is 25.1 Å². The van der Waals surface area contributed by atoms with Gasteiger partial charge in [-0.25, -0.2) is 0 Å². The molecule has 0 saturated heterocycles. The topological polar surface area (TPSA) is 75.7 Å². The van der Waals surface area contributed by atoms with Crippen molar-refractivity contribution in [3.05, 3.63) is 79.3 Å². The number of para-hydroxylation sites is 1. The van der Waals surface area contributed by atoms with Crippen LogP contribution in [-0.2, 0) is 9.47 Å². The van der Waals surface area contributed by atoms with E-state index in [1.807, 2.05) is 50.2 Å². The SMILES string of the molecule is C=C/C(OC)=C(\C=C)OCCNCC(O)COc1cccc2[nH]c3ccccc3c12.CC. The number of hydrogen-bond acceptors (Lipinski definition) is 5. The second kappa shape index (κ2) is 13.2. The molecule has 172 valence electrons. The summed E-state index contributed by atoms with van der Waals surface area (Å²) in [6.07, 6.45) is 2.50. The molecule has 1 unspecified atom stereocenters. The standard InChI is InChI=1S/C24H28N2O4.C2H6/c1-4-21(28-3)22(5-2)29-14-13-25-15-17(27)16-30-23-12-8-11-20-24(23)18-9-6-7-10-19(18)26-20;1-2/h4-12,17,25-27H,1-2,13-16H2,3H3;1-2H3/b22-21-;. The Morgan fingerprint density at radius 3 is 2.50 bits per heavy atom. The molecule has 3 aromatic rings. The van der Waals surface area contributed by atoms with Crippen molar-refractivity contribution in [2.24, 2.45) is 0 Å². The van der Waals surface area contributed by atoms with Crippen LogP contribution in [0.5, 0.6) is 5.75 Å². The maximum Gasteiger partial charge on any atom is 0.160 e. The molecule has 1 aromatic heterocycles. The number of benzene rings is 2. The number of H-pyrrole nitrogens is 1. The van der Waals surface area contributed by atoms with Crippen LogP contribution in [0.15, 0.2) is 79.3 Å². The monoisotopic (exact) mass is 438 g/mol. The van der Waals surface area contributed by atoms with Gasteiger partial charge in [-0.15, -0.1) is 0 Å². The normalized spacial score (nSPS) is 12.4.